The van der Waals surface area contributed by atoms with E-state index in [1.807, 2.05) is 54.6 Å². The molecule has 0 spiro atoms. The molecule has 0 N–H and O–H groups in total. The van der Waals surface area contributed by atoms with Gasteiger partial charge in [-0.1, -0.05) is 30.3 Å². The summed E-state index contributed by atoms with van der Waals surface area (Å²) in [7, 11) is 0. The molecule has 1 aromatic heterocycles. The van der Waals surface area contributed by atoms with Gasteiger partial charge in [-0.05, 0) is 77.7 Å². The van der Waals surface area contributed by atoms with Gasteiger partial charge in [0.1, 0.15) is 11.5 Å². The highest BCUT2D eigenvalue weighted by molar-refractivity contribution is 7.17. The lowest BCUT2D eigenvalue weighted by atomic mass is 10.0. The van der Waals surface area contributed by atoms with Gasteiger partial charge in [0.25, 0.3) is 0 Å². The maximum Gasteiger partial charge on any atom is 0.127 e. The molecule has 3 heteroatoms. The van der Waals surface area contributed by atoms with Crippen molar-refractivity contribution in [3.05, 3.63) is 89.8 Å². The van der Waals surface area contributed by atoms with Crippen molar-refractivity contribution in [3.8, 4) is 11.5 Å². The van der Waals surface area contributed by atoms with Crippen molar-refractivity contribution in [2.45, 2.75) is 12.8 Å². The zero-order valence-corrected chi connectivity index (χ0v) is 15.7. The van der Waals surface area contributed by atoms with Gasteiger partial charge in [0.2, 0.25) is 0 Å². The average molecular weight is 369 g/mol. The van der Waals surface area contributed by atoms with Gasteiger partial charge in [-0.25, -0.2) is 0 Å². The molecule has 132 valence electrons. The summed E-state index contributed by atoms with van der Waals surface area (Å²) in [6.45, 7) is 0. The first-order valence-electron chi connectivity index (χ1n) is 9.24. The van der Waals surface area contributed by atoms with Crippen LogP contribution in [-0.2, 0) is 0 Å². The van der Waals surface area contributed by atoms with Crippen LogP contribution in [0.5, 0.6) is 11.5 Å². The summed E-state index contributed by atoms with van der Waals surface area (Å²) in [5.74, 6) is 2.26. The van der Waals surface area contributed by atoms with E-state index in [2.05, 4.69) is 29.6 Å². The summed E-state index contributed by atoms with van der Waals surface area (Å²) in [6, 6.07) is 26.7. The molecular weight excluding hydrogens is 350 g/mol. The van der Waals surface area contributed by atoms with E-state index in [0.29, 0.717) is 5.92 Å². The predicted octanol–water partition coefficient (Wildman–Crippen LogP) is 7.22. The number of para-hydroxylation sites is 1. The number of nitrogens with zero attached hydrogens (tertiary/aromatic N) is 1. The normalized spacial score (nSPS) is 14.4. The number of rotatable bonds is 5. The van der Waals surface area contributed by atoms with Crippen molar-refractivity contribution in [2.75, 3.05) is 0 Å². The molecule has 0 amide bonds. The molecule has 1 aliphatic carbocycles. The maximum absolute atomic E-state index is 5.87. The minimum absolute atomic E-state index is 0.586. The molecule has 1 aliphatic rings. The number of thiophene rings is 1. The number of benzene rings is 3. The van der Waals surface area contributed by atoms with Crippen molar-refractivity contribution in [2.24, 2.45) is 10.9 Å². The number of hydrogen-bond donors (Lipinski definition) is 0. The molecule has 0 saturated heterocycles. The Bertz CT molecular complexity index is 1090. The minimum atomic E-state index is 0.586. The summed E-state index contributed by atoms with van der Waals surface area (Å²) < 4.78 is 7.20. The molecule has 0 atom stereocenters. The van der Waals surface area contributed by atoms with Crippen LogP contribution in [0.3, 0.4) is 0 Å². The van der Waals surface area contributed by atoms with Gasteiger partial charge in [0.15, 0.2) is 0 Å². The molecule has 1 fully saturated rings. The third-order valence-corrected chi connectivity index (χ3v) is 5.66. The Morgan fingerprint density at radius 2 is 1.63 bits per heavy atom. The third-order valence-electron chi connectivity index (χ3n) is 4.78. The second-order valence-corrected chi connectivity index (χ2v) is 7.80. The second kappa shape index (κ2) is 7.01. The van der Waals surface area contributed by atoms with E-state index >= 15 is 0 Å². The summed E-state index contributed by atoms with van der Waals surface area (Å²) >= 11 is 1.79. The molecule has 27 heavy (non-hydrogen) atoms. The van der Waals surface area contributed by atoms with Gasteiger partial charge in [0.05, 0.1) is 11.4 Å². The van der Waals surface area contributed by atoms with Crippen molar-refractivity contribution in [3.63, 3.8) is 0 Å². The van der Waals surface area contributed by atoms with Gasteiger partial charge in [0, 0.05) is 10.6 Å². The Morgan fingerprint density at radius 1 is 0.852 bits per heavy atom. The van der Waals surface area contributed by atoms with Crippen molar-refractivity contribution >= 4 is 32.8 Å². The van der Waals surface area contributed by atoms with Crippen molar-refractivity contribution in [1.82, 2.24) is 0 Å². The monoisotopic (exact) mass is 369 g/mol. The SMILES string of the molecule is c1ccc(Oc2ccc(N=C(c3ccc4ccsc4c3)C3CC3)cc2)cc1. The Labute approximate surface area is 162 Å². The Balaban J connectivity index is 1.42. The summed E-state index contributed by atoms with van der Waals surface area (Å²) in [5.41, 5.74) is 3.43. The zero-order valence-electron chi connectivity index (χ0n) is 14.8. The lowest BCUT2D eigenvalue weighted by Gasteiger charge is -2.08. The second-order valence-electron chi connectivity index (χ2n) is 6.85. The van der Waals surface area contributed by atoms with E-state index in [4.69, 9.17) is 9.73 Å². The van der Waals surface area contributed by atoms with Crippen LogP contribution in [-0.4, -0.2) is 5.71 Å². The Kier molecular flexibility index (Phi) is 4.23. The lowest BCUT2D eigenvalue weighted by Crippen LogP contribution is -2.02. The van der Waals surface area contributed by atoms with Gasteiger partial charge in [-0.2, -0.15) is 0 Å². The molecule has 4 aromatic rings. The number of ether oxygens (including phenoxy) is 1. The van der Waals surface area contributed by atoms with Crippen LogP contribution in [0.25, 0.3) is 10.1 Å². The molecule has 1 heterocycles. The Morgan fingerprint density at radius 3 is 2.41 bits per heavy atom. The van der Waals surface area contributed by atoms with Gasteiger partial charge >= 0.3 is 0 Å². The van der Waals surface area contributed by atoms with E-state index in [-0.39, 0.29) is 0 Å². The molecule has 5 rings (SSSR count). The summed E-state index contributed by atoms with van der Waals surface area (Å²) in [5, 5.41) is 3.45. The molecule has 1 saturated carbocycles. The topological polar surface area (TPSA) is 21.6 Å². The van der Waals surface area contributed by atoms with Crippen LogP contribution in [0, 0.1) is 5.92 Å². The van der Waals surface area contributed by atoms with Gasteiger partial charge < -0.3 is 4.74 Å². The first-order chi connectivity index (χ1) is 13.3. The lowest BCUT2D eigenvalue weighted by molar-refractivity contribution is 0.483. The van der Waals surface area contributed by atoms with E-state index in [1.54, 1.807) is 11.3 Å². The van der Waals surface area contributed by atoms with Crippen LogP contribution >= 0.6 is 11.3 Å². The van der Waals surface area contributed by atoms with Crippen LogP contribution in [0.1, 0.15) is 18.4 Å². The standard InChI is InChI=1S/C24H19NOS/c1-2-4-21(5-3-1)26-22-12-10-20(11-13-22)25-24(18-7-8-18)19-9-6-17-14-15-27-23(17)16-19/h1-6,9-16,18H,7-8H2. The highest BCUT2D eigenvalue weighted by Gasteiger charge is 2.28. The number of hydrogen-bond acceptors (Lipinski definition) is 3. The van der Waals surface area contributed by atoms with Gasteiger partial charge in [-0.3, -0.25) is 4.99 Å². The van der Waals surface area contributed by atoms with Crippen LogP contribution < -0.4 is 4.74 Å². The molecule has 0 unspecified atom stereocenters. The van der Waals surface area contributed by atoms with Crippen molar-refractivity contribution < 1.29 is 4.74 Å². The minimum Gasteiger partial charge on any atom is -0.457 e. The zero-order chi connectivity index (χ0) is 18.1. The molecule has 2 nitrogen and oxygen atoms in total. The number of fused-ring (bicyclic) bond motifs is 1. The first kappa shape index (κ1) is 16.3. The fourth-order valence-corrected chi connectivity index (χ4v) is 4.04. The third kappa shape index (κ3) is 3.64. The van der Waals surface area contributed by atoms with Crippen LogP contribution in [0.4, 0.5) is 5.69 Å². The molecule has 0 radical (unpaired) electrons. The Hall–Kier alpha value is -2.91. The van der Waals surface area contributed by atoms with E-state index in [0.717, 1.165) is 17.2 Å². The van der Waals surface area contributed by atoms with Crippen LogP contribution in [0.15, 0.2) is 89.2 Å². The summed E-state index contributed by atoms with van der Waals surface area (Å²) in [6.07, 6.45) is 2.47. The fourth-order valence-electron chi connectivity index (χ4n) is 3.21. The van der Waals surface area contributed by atoms with E-state index in [9.17, 15) is 0 Å². The molecule has 3 aromatic carbocycles. The first-order valence-corrected chi connectivity index (χ1v) is 10.1. The average Bonchev–Trinajstić information content (AvgIpc) is 3.44. The molecule has 0 aliphatic heterocycles. The predicted molar refractivity (Wildman–Crippen MR) is 114 cm³/mol. The van der Waals surface area contributed by atoms with E-state index in [1.165, 1.54) is 34.2 Å². The van der Waals surface area contributed by atoms with Crippen LogP contribution in [0.2, 0.25) is 0 Å². The van der Waals surface area contributed by atoms with E-state index < -0.39 is 0 Å². The highest BCUT2D eigenvalue weighted by Crippen LogP contribution is 2.36. The smallest absolute Gasteiger partial charge is 0.127 e. The number of aliphatic imine (C=N–C) groups is 1. The molecule has 0 bridgehead atoms. The summed E-state index contributed by atoms with van der Waals surface area (Å²) in [4.78, 5) is 5.00. The quantitative estimate of drug-likeness (QED) is 0.340. The van der Waals surface area contributed by atoms with Crippen molar-refractivity contribution in [1.29, 1.82) is 0 Å². The largest absolute Gasteiger partial charge is 0.457 e. The molecular formula is C24H19NOS. The fraction of sp³-hybridized carbons (Fsp3) is 0.125. The highest BCUT2D eigenvalue weighted by atomic mass is 32.1. The van der Waals surface area contributed by atoms with Gasteiger partial charge in [-0.15, -0.1) is 11.3 Å². The maximum atomic E-state index is 5.87.